The van der Waals surface area contributed by atoms with Crippen LogP contribution in [0.1, 0.15) is 25.7 Å². The molecule has 0 radical (unpaired) electrons. The maximum atomic E-state index is 8.80. The van der Waals surface area contributed by atoms with E-state index >= 15 is 0 Å². The SMILES string of the molecule is OC(O)C1CCCCCN1. The molecule has 1 rings (SSSR count). The van der Waals surface area contributed by atoms with Crippen LogP contribution in [0.4, 0.5) is 0 Å². The molecule has 0 spiro atoms. The molecule has 0 aromatic carbocycles. The lowest BCUT2D eigenvalue weighted by molar-refractivity contribution is -0.0676. The average molecular weight is 145 g/mol. The summed E-state index contributed by atoms with van der Waals surface area (Å²) in [5.41, 5.74) is 0. The predicted octanol–water partition coefficient (Wildman–Crippen LogP) is -0.171. The molecule has 1 aliphatic rings. The van der Waals surface area contributed by atoms with E-state index in [1.54, 1.807) is 0 Å². The molecule has 3 nitrogen and oxygen atoms in total. The molecule has 1 heterocycles. The Kier molecular flexibility index (Phi) is 3.12. The van der Waals surface area contributed by atoms with E-state index in [-0.39, 0.29) is 6.04 Å². The monoisotopic (exact) mass is 145 g/mol. The Morgan fingerprint density at radius 1 is 1.20 bits per heavy atom. The van der Waals surface area contributed by atoms with E-state index in [2.05, 4.69) is 5.32 Å². The fourth-order valence-corrected chi connectivity index (χ4v) is 1.31. The molecule has 3 heteroatoms. The smallest absolute Gasteiger partial charge is 0.167 e. The minimum absolute atomic E-state index is 0.0949. The molecule has 1 aliphatic heterocycles. The lowest BCUT2D eigenvalue weighted by atomic mass is 10.1. The second-order valence-corrected chi connectivity index (χ2v) is 2.82. The van der Waals surface area contributed by atoms with E-state index in [1.165, 1.54) is 6.42 Å². The third-order valence-corrected chi connectivity index (χ3v) is 1.96. The highest BCUT2D eigenvalue weighted by Gasteiger charge is 2.16. The van der Waals surface area contributed by atoms with Gasteiger partial charge in [-0.1, -0.05) is 12.8 Å². The van der Waals surface area contributed by atoms with E-state index in [4.69, 9.17) is 10.2 Å². The van der Waals surface area contributed by atoms with Gasteiger partial charge >= 0.3 is 0 Å². The summed E-state index contributed by atoms with van der Waals surface area (Å²) in [6.07, 6.45) is 3.17. The zero-order chi connectivity index (χ0) is 7.40. The van der Waals surface area contributed by atoms with Gasteiger partial charge in [-0.2, -0.15) is 0 Å². The first-order chi connectivity index (χ1) is 4.80. The van der Waals surface area contributed by atoms with Crippen molar-refractivity contribution in [1.29, 1.82) is 0 Å². The van der Waals surface area contributed by atoms with Gasteiger partial charge in [0.05, 0.1) is 6.04 Å². The van der Waals surface area contributed by atoms with Crippen molar-refractivity contribution in [1.82, 2.24) is 5.32 Å². The molecule has 1 unspecified atom stereocenters. The lowest BCUT2D eigenvalue weighted by Gasteiger charge is -2.16. The van der Waals surface area contributed by atoms with Gasteiger partial charge in [-0.15, -0.1) is 0 Å². The van der Waals surface area contributed by atoms with Crippen LogP contribution in [0, 0.1) is 0 Å². The van der Waals surface area contributed by atoms with E-state index in [0.717, 1.165) is 25.8 Å². The van der Waals surface area contributed by atoms with Crippen molar-refractivity contribution in [2.75, 3.05) is 6.54 Å². The molecular weight excluding hydrogens is 130 g/mol. The van der Waals surface area contributed by atoms with Crippen LogP contribution in [0.15, 0.2) is 0 Å². The minimum atomic E-state index is -1.18. The minimum Gasteiger partial charge on any atom is -0.367 e. The Labute approximate surface area is 61.1 Å². The lowest BCUT2D eigenvalue weighted by Crippen LogP contribution is -2.38. The van der Waals surface area contributed by atoms with E-state index < -0.39 is 6.29 Å². The highest BCUT2D eigenvalue weighted by molar-refractivity contribution is 4.71. The molecule has 1 fully saturated rings. The fraction of sp³-hybridized carbons (Fsp3) is 1.00. The van der Waals surface area contributed by atoms with E-state index in [1.807, 2.05) is 0 Å². The van der Waals surface area contributed by atoms with Crippen molar-refractivity contribution in [2.24, 2.45) is 0 Å². The van der Waals surface area contributed by atoms with Crippen LogP contribution in [-0.2, 0) is 0 Å². The van der Waals surface area contributed by atoms with Gasteiger partial charge in [-0.25, -0.2) is 0 Å². The summed E-state index contributed by atoms with van der Waals surface area (Å²) in [4.78, 5) is 0. The fourth-order valence-electron chi connectivity index (χ4n) is 1.31. The Bertz CT molecular complexity index is 87.6. The van der Waals surface area contributed by atoms with Gasteiger partial charge in [0.2, 0.25) is 0 Å². The standard InChI is InChI=1S/C7H15NO2/c9-7(10)6-4-2-1-3-5-8-6/h6-10H,1-5H2. The first-order valence-electron chi connectivity index (χ1n) is 3.90. The van der Waals surface area contributed by atoms with Crippen molar-refractivity contribution in [3.63, 3.8) is 0 Å². The molecule has 1 saturated heterocycles. The van der Waals surface area contributed by atoms with Gasteiger partial charge in [-0.3, -0.25) is 0 Å². The van der Waals surface area contributed by atoms with Crippen LogP contribution < -0.4 is 5.32 Å². The normalized spacial score (nSPS) is 28.5. The number of aliphatic hydroxyl groups excluding tert-OH is 1. The number of hydrogen-bond acceptors (Lipinski definition) is 3. The van der Waals surface area contributed by atoms with Crippen LogP contribution in [0.25, 0.3) is 0 Å². The van der Waals surface area contributed by atoms with Crippen LogP contribution >= 0.6 is 0 Å². The number of hydrogen-bond donors (Lipinski definition) is 3. The van der Waals surface area contributed by atoms with Crippen LogP contribution in [0.3, 0.4) is 0 Å². The number of aliphatic hydroxyl groups is 2. The molecular formula is C7H15NO2. The molecule has 0 aliphatic carbocycles. The van der Waals surface area contributed by atoms with E-state index in [0.29, 0.717) is 0 Å². The summed E-state index contributed by atoms with van der Waals surface area (Å²) < 4.78 is 0. The van der Waals surface area contributed by atoms with Gasteiger partial charge in [0.15, 0.2) is 6.29 Å². The van der Waals surface area contributed by atoms with Gasteiger partial charge < -0.3 is 15.5 Å². The summed E-state index contributed by atoms with van der Waals surface area (Å²) in [5, 5.41) is 20.7. The maximum Gasteiger partial charge on any atom is 0.167 e. The number of nitrogens with one attached hydrogen (secondary N) is 1. The molecule has 0 saturated carbocycles. The summed E-state index contributed by atoms with van der Waals surface area (Å²) >= 11 is 0. The Balaban J connectivity index is 2.28. The molecule has 3 N–H and O–H groups in total. The third kappa shape index (κ3) is 2.25. The topological polar surface area (TPSA) is 52.5 Å². The predicted molar refractivity (Wildman–Crippen MR) is 38.5 cm³/mol. The summed E-state index contributed by atoms with van der Waals surface area (Å²) in [7, 11) is 0. The molecule has 0 amide bonds. The van der Waals surface area contributed by atoms with Gasteiger partial charge in [0.25, 0.3) is 0 Å². The summed E-state index contributed by atoms with van der Waals surface area (Å²) in [5.74, 6) is 0. The zero-order valence-corrected chi connectivity index (χ0v) is 6.08. The first kappa shape index (κ1) is 7.98. The second-order valence-electron chi connectivity index (χ2n) is 2.82. The second kappa shape index (κ2) is 3.91. The summed E-state index contributed by atoms with van der Waals surface area (Å²) in [6.45, 7) is 0.919. The highest BCUT2D eigenvalue weighted by Crippen LogP contribution is 2.09. The van der Waals surface area contributed by atoms with Crippen molar-refractivity contribution in [3.05, 3.63) is 0 Å². The van der Waals surface area contributed by atoms with Gasteiger partial charge in [-0.05, 0) is 19.4 Å². The molecule has 0 bridgehead atoms. The molecule has 0 aromatic rings. The van der Waals surface area contributed by atoms with Crippen molar-refractivity contribution in [2.45, 2.75) is 38.0 Å². The van der Waals surface area contributed by atoms with Crippen LogP contribution in [-0.4, -0.2) is 29.1 Å². The Morgan fingerprint density at radius 2 is 2.00 bits per heavy atom. The van der Waals surface area contributed by atoms with Gasteiger partial charge in [0, 0.05) is 0 Å². The molecule has 1 atom stereocenters. The maximum absolute atomic E-state index is 8.80. The first-order valence-corrected chi connectivity index (χ1v) is 3.90. The third-order valence-electron chi connectivity index (χ3n) is 1.96. The van der Waals surface area contributed by atoms with Crippen molar-refractivity contribution >= 4 is 0 Å². The van der Waals surface area contributed by atoms with Crippen molar-refractivity contribution < 1.29 is 10.2 Å². The quantitative estimate of drug-likeness (QED) is 0.449. The van der Waals surface area contributed by atoms with E-state index in [9.17, 15) is 0 Å². The zero-order valence-electron chi connectivity index (χ0n) is 6.08. The van der Waals surface area contributed by atoms with Gasteiger partial charge in [0.1, 0.15) is 0 Å². The van der Waals surface area contributed by atoms with Crippen LogP contribution in [0.2, 0.25) is 0 Å². The number of rotatable bonds is 1. The molecule has 60 valence electrons. The average Bonchev–Trinajstić information content (AvgIpc) is 2.12. The highest BCUT2D eigenvalue weighted by atomic mass is 16.5. The molecule has 0 aromatic heterocycles. The van der Waals surface area contributed by atoms with Crippen LogP contribution in [0.5, 0.6) is 0 Å². The van der Waals surface area contributed by atoms with Crippen molar-refractivity contribution in [3.8, 4) is 0 Å². The Hall–Kier alpha value is -0.120. The largest absolute Gasteiger partial charge is 0.367 e. The summed E-state index contributed by atoms with van der Waals surface area (Å²) in [6, 6.07) is -0.0949. The Morgan fingerprint density at radius 3 is 2.70 bits per heavy atom. The molecule has 10 heavy (non-hydrogen) atoms.